The molecule has 0 saturated carbocycles. The predicted molar refractivity (Wildman–Crippen MR) is 83.8 cm³/mol. The number of carbonyl (C=O) groups is 1. The Morgan fingerprint density at radius 1 is 1.33 bits per heavy atom. The van der Waals surface area contributed by atoms with Crippen molar-refractivity contribution in [1.29, 1.82) is 0 Å². The van der Waals surface area contributed by atoms with Crippen molar-refractivity contribution < 1.29 is 4.79 Å². The monoisotopic (exact) mass is 295 g/mol. The van der Waals surface area contributed by atoms with Gasteiger partial charge in [-0.15, -0.1) is 5.10 Å². The van der Waals surface area contributed by atoms with Gasteiger partial charge < -0.3 is 10.6 Å². The molecule has 6 heteroatoms. The molecule has 1 amide bonds. The predicted octanol–water partition coefficient (Wildman–Crippen LogP) is 1.89. The lowest BCUT2D eigenvalue weighted by Crippen LogP contribution is -2.35. The SMILES string of the molecule is CC(C)CCNC(=O)C(C)n1cc(CNC(C)(C)C)nn1. The van der Waals surface area contributed by atoms with E-state index in [1.165, 1.54) is 0 Å². The van der Waals surface area contributed by atoms with Crippen LogP contribution in [0.25, 0.3) is 0 Å². The Bertz CT molecular complexity index is 447. The minimum Gasteiger partial charge on any atom is -0.354 e. The molecule has 120 valence electrons. The molecule has 0 aliphatic heterocycles. The van der Waals surface area contributed by atoms with E-state index < -0.39 is 0 Å². The van der Waals surface area contributed by atoms with Crippen LogP contribution in [0.5, 0.6) is 0 Å². The van der Waals surface area contributed by atoms with Gasteiger partial charge in [-0.2, -0.15) is 0 Å². The zero-order valence-electron chi connectivity index (χ0n) is 14.1. The number of rotatable bonds is 7. The largest absolute Gasteiger partial charge is 0.354 e. The van der Waals surface area contributed by atoms with Crippen molar-refractivity contribution >= 4 is 5.91 Å². The van der Waals surface area contributed by atoms with E-state index in [0.29, 0.717) is 19.0 Å². The summed E-state index contributed by atoms with van der Waals surface area (Å²) in [7, 11) is 0. The first kappa shape index (κ1) is 17.6. The van der Waals surface area contributed by atoms with Gasteiger partial charge in [-0.05, 0) is 40.0 Å². The molecule has 0 aliphatic carbocycles. The standard InChI is InChI=1S/C15H29N5O/c1-11(2)7-8-16-14(21)12(3)20-10-13(18-19-20)9-17-15(4,5)6/h10-12,17H,7-9H2,1-6H3,(H,16,21). The quantitative estimate of drug-likeness (QED) is 0.806. The van der Waals surface area contributed by atoms with E-state index in [9.17, 15) is 4.79 Å². The lowest BCUT2D eigenvalue weighted by atomic mass is 10.1. The van der Waals surface area contributed by atoms with E-state index in [1.54, 1.807) is 4.68 Å². The van der Waals surface area contributed by atoms with Crippen LogP contribution in [0, 0.1) is 5.92 Å². The fraction of sp³-hybridized carbons (Fsp3) is 0.800. The van der Waals surface area contributed by atoms with Crippen LogP contribution in [0.3, 0.4) is 0 Å². The Labute approximate surface area is 127 Å². The summed E-state index contributed by atoms with van der Waals surface area (Å²) >= 11 is 0. The molecule has 1 unspecified atom stereocenters. The van der Waals surface area contributed by atoms with Crippen LogP contribution in [0.15, 0.2) is 6.20 Å². The van der Waals surface area contributed by atoms with Gasteiger partial charge in [-0.3, -0.25) is 4.79 Å². The van der Waals surface area contributed by atoms with Gasteiger partial charge in [-0.25, -0.2) is 4.68 Å². The second-order valence-electron chi connectivity index (χ2n) is 6.94. The van der Waals surface area contributed by atoms with Crippen LogP contribution in [0.4, 0.5) is 0 Å². The van der Waals surface area contributed by atoms with Crippen molar-refractivity contribution in [2.24, 2.45) is 5.92 Å². The summed E-state index contributed by atoms with van der Waals surface area (Å²) in [4.78, 5) is 12.0. The summed E-state index contributed by atoms with van der Waals surface area (Å²) < 4.78 is 1.62. The molecule has 0 radical (unpaired) electrons. The molecule has 0 spiro atoms. The molecule has 1 rings (SSSR count). The molecule has 1 aromatic heterocycles. The van der Waals surface area contributed by atoms with Gasteiger partial charge in [0.15, 0.2) is 0 Å². The maximum absolute atomic E-state index is 12.0. The van der Waals surface area contributed by atoms with Crippen molar-refractivity contribution in [2.45, 2.75) is 66.1 Å². The van der Waals surface area contributed by atoms with Crippen LogP contribution in [0.2, 0.25) is 0 Å². The summed E-state index contributed by atoms with van der Waals surface area (Å²) in [6.45, 7) is 13.8. The molecule has 0 fully saturated rings. The Morgan fingerprint density at radius 3 is 2.57 bits per heavy atom. The van der Waals surface area contributed by atoms with E-state index in [1.807, 2.05) is 13.1 Å². The van der Waals surface area contributed by atoms with E-state index in [0.717, 1.165) is 12.1 Å². The first-order chi connectivity index (χ1) is 9.69. The molecule has 0 aromatic carbocycles. The molecular formula is C15H29N5O. The fourth-order valence-corrected chi connectivity index (χ4v) is 1.69. The van der Waals surface area contributed by atoms with E-state index in [-0.39, 0.29) is 17.5 Å². The summed E-state index contributed by atoms with van der Waals surface area (Å²) in [6.07, 6.45) is 2.81. The van der Waals surface area contributed by atoms with Crippen LogP contribution in [0.1, 0.15) is 59.7 Å². The third kappa shape index (κ3) is 6.71. The van der Waals surface area contributed by atoms with Crippen molar-refractivity contribution in [3.63, 3.8) is 0 Å². The first-order valence-electron chi connectivity index (χ1n) is 7.62. The van der Waals surface area contributed by atoms with E-state index in [4.69, 9.17) is 0 Å². The summed E-state index contributed by atoms with van der Waals surface area (Å²) in [5, 5.41) is 14.4. The van der Waals surface area contributed by atoms with Crippen LogP contribution < -0.4 is 10.6 Å². The summed E-state index contributed by atoms with van der Waals surface area (Å²) in [5.74, 6) is 0.568. The highest BCUT2D eigenvalue weighted by Gasteiger charge is 2.17. The molecule has 1 heterocycles. The van der Waals surface area contributed by atoms with Crippen molar-refractivity contribution in [3.05, 3.63) is 11.9 Å². The number of hydrogen-bond donors (Lipinski definition) is 2. The highest BCUT2D eigenvalue weighted by Crippen LogP contribution is 2.07. The van der Waals surface area contributed by atoms with Gasteiger partial charge in [-0.1, -0.05) is 19.1 Å². The van der Waals surface area contributed by atoms with E-state index >= 15 is 0 Å². The van der Waals surface area contributed by atoms with Crippen LogP contribution in [-0.2, 0) is 11.3 Å². The number of hydrogen-bond acceptors (Lipinski definition) is 4. The van der Waals surface area contributed by atoms with Crippen LogP contribution >= 0.6 is 0 Å². The normalized spacial score (nSPS) is 13.5. The number of carbonyl (C=O) groups excluding carboxylic acids is 1. The topological polar surface area (TPSA) is 71.8 Å². The van der Waals surface area contributed by atoms with Crippen LogP contribution in [-0.4, -0.2) is 33.0 Å². The Balaban J connectivity index is 2.49. The molecular weight excluding hydrogens is 266 g/mol. The third-order valence-electron chi connectivity index (χ3n) is 3.15. The minimum absolute atomic E-state index is 0.0177. The van der Waals surface area contributed by atoms with Gasteiger partial charge >= 0.3 is 0 Å². The molecule has 1 atom stereocenters. The first-order valence-corrected chi connectivity index (χ1v) is 7.62. The number of amides is 1. The van der Waals surface area contributed by atoms with Gasteiger partial charge in [0.25, 0.3) is 0 Å². The molecule has 0 saturated heterocycles. The number of nitrogens with one attached hydrogen (secondary N) is 2. The summed E-state index contributed by atoms with van der Waals surface area (Å²) in [6, 6.07) is -0.340. The smallest absolute Gasteiger partial charge is 0.244 e. The van der Waals surface area contributed by atoms with Crippen molar-refractivity contribution in [2.75, 3.05) is 6.54 Å². The Morgan fingerprint density at radius 2 is 2.00 bits per heavy atom. The van der Waals surface area contributed by atoms with Gasteiger partial charge in [0.2, 0.25) is 5.91 Å². The number of aromatic nitrogens is 3. The molecule has 1 aromatic rings. The molecule has 0 aliphatic rings. The molecule has 0 bridgehead atoms. The average molecular weight is 295 g/mol. The molecule has 21 heavy (non-hydrogen) atoms. The van der Waals surface area contributed by atoms with Gasteiger partial charge in [0.1, 0.15) is 6.04 Å². The van der Waals surface area contributed by atoms with E-state index in [2.05, 4.69) is 55.6 Å². The maximum atomic E-state index is 12.0. The van der Waals surface area contributed by atoms with Gasteiger partial charge in [0.05, 0.1) is 11.9 Å². The zero-order chi connectivity index (χ0) is 16.0. The Hall–Kier alpha value is -1.43. The second kappa shape index (κ2) is 7.54. The Kier molecular flexibility index (Phi) is 6.33. The van der Waals surface area contributed by atoms with Crippen molar-refractivity contribution in [1.82, 2.24) is 25.6 Å². The summed E-state index contributed by atoms with van der Waals surface area (Å²) in [5.41, 5.74) is 0.871. The van der Waals surface area contributed by atoms with Gasteiger partial charge in [0, 0.05) is 18.6 Å². The molecule has 6 nitrogen and oxygen atoms in total. The minimum atomic E-state index is -0.340. The zero-order valence-corrected chi connectivity index (χ0v) is 14.1. The third-order valence-corrected chi connectivity index (χ3v) is 3.15. The number of nitrogens with zero attached hydrogens (tertiary/aromatic N) is 3. The average Bonchev–Trinajstić information content (AvgIpc) is 2.82. The fourth-order valence-electron chi connectivity index (χ4n) is 1.69. The lowest BCUT2D eigenvalue weighted by molar-refractivity contribution is -0.124. The second-order valence-corrected chi connectivity index (χ2v) is 6.94. The highest BCUT2D eigenvalue weighted by molar-refractivity contribution is 5.79. The molecule has 2 N–H and O–H groups in total. The van der Waals surface area contributed by atoms with Crippen molar-refractivity contribution in [3.8, 4) is 0 Å². The lowest BCUT2D eigenvalue weighted by Gasteiger charge is -2.19. The maximum Gasteiger partial charge on any atom is 0.244 e. The highest BCUT2D eigenvalue weighted by atomic mass is 16.2.